The minimum atomic E-state index is -0.380. The van der Waals surface area contributed by atoms with Crippen LogP contribution >= 0.6 is 11.3 Å². The molecule has 0 saturated heterocycles. The third-order valence-corrected chi connectivity index (χ3v) is 15.4. The summed E-state index contributed by atoms with van der Waals surface area (Å²) in [5, 5.41) is 0. The van der Waals surface area contributed by atoms with E-state index in [1.54, 1.807) is 0 Å². The van der Waals surface area contributed by atoms with Gasteiger partial charge in [0.15, 0.2) is 5.78 Å². The third-order valence-electron chi connectivity index (χ3n) is 14.3. The van der Waals surface area contributed by atoms with Crippen LogP contribution in [0.5, 0.6) is 0 Å². The molecular weight excluding hydrogens is 1020 g/mol. The van der Waals surface area contributed by atoms with E-state index in [4.69, 9.17) is 0 Å². The van der Waals surface area contributed by atoms with Crippen LogP contribution in [-0.4, -0.2) is 5.78 Å². The molecule has 0 radical (unpaired) electrons. The van der Waals surface area contributed by atoms with Crippen LogP contribution in [0.1, 0.15) is 173 Å². The van der Waals surface area contributed by atoms with Crippen LogP contribution in [0.15, 0.2) is 234 Å². The lowest BCUT2D eigenvalue weighted by atomic mass is 9.72. The topological polar surface area (TPSA) is 23.6 Å². The van der Waals surface area contributed by atoms with Crippen molar-refractivity contribution >= 4 is 51.0 Å². The van der Waals surface area contributed by atoms with Crippen molar-refractivity contribution in [3.05, 3.63) is 249 Å². The monoisotopic (exact) mass is 1130 g/mol. The fourth-order valence-electron chi connectivity index (χ4n) is 9.63. The van der Waals surface area contributed by atoms with E-state index < -0.39 is 0 Å². The van der Waals surface area contributed by atoms with E-state index in [0.717, 1.165) is 79.7 Å². The first-order valence-electron chi connectivity index (χ1n) is 30.0. The maximum absolute atomic E-state index is 14.8. The van der Waals surface area contributed by atoms with Crippen LogP contribution in [-0.2, 0) is 4.79 Å². The van der Waals surface area contributed by atoms with Gasteiger partial charge in [-0.15, -0.1) is 24.2 Å². The zero-order valence-corrected chi connectivity index (χ0v) is 55.5. The second-order valence-electron chi connectivity index (χ2n) is 25.0. The summed E-state index contributed by atoms with van der Waals surface area (Å²) in [4.78, 5) is 21.8. The van der Waals surface area contributed by atoms with Gasteiger partial charge in [-0.3, -0.25) is 4.79 Å². The molecule has 0 aliphatic heterocycles. The van der Waals surface area contributed by atoms with Crippen LogP contribution in [0.2, 0.25) is 0 Å². The Kier molecular flexibility index (Phi) is 27.5. The summed E-state index contributed by atoms with van der Waals surface area (Å²) in [6.07, 6.45) is 33.0. The number of rotatable bonds is 21. The highest BCUT2D eigenvalue weighted by atomic mass is 32.1. The minimum Gasteiger partial charge on any atom is -0.311 e. The van der Waals surface area contributed by atoms with Crippen molar-refractivity contribution in [2.75, 3.05) is 9.80 Å². The summed E-state index contributed by atoms with van der Waals surface area (Å²) >= 11 is 1.83. The molecule has 0 amide bonds. The number of benzene rings is 4. The van der Waals surface area contributed by atoms with Crippen molar-refractivity contribution in [2.45, 2.75) is 158 Å². The van der Waals surface area contributed by atoms with E-state index in [-0.39, 0.29) is 33.4 Å². The maximum atomic E-state index is 14.8. The van der Waals surface area contributed by atoms with Crippen LogP contribution in [0.3, 0.4) is 0 Å². The molecule has 5 rings (SSSR count). The lowest BCUT2D eigenvalue weighted by Crippen LogP contribution is -2.31. The summed E-state index contributed by atoms with van der Waals surface area (Å²) in [5.41, 5.74) is 14.6. The zero-order valence-electron chi connectivity index (χ0n) is 54.7. The third kappa shape index (κ3) is 20.3. The predicted molar refractivity (Wildman–Crippen MR) is 372 cm³/mol. The quantitative estimate of drug-likeness (QED) is 0.0416. The molecule has 440 valence electrons. The van der Waals surface area contributed by atoms with Gasteiger partial charge in [0.05, 0.1) is 0 Å². The number of carbonyl (C=O) groups excluding carboxylic acids is 1. The standard InChI is InChI=1S/C75H94N2OS.C2H6.C2H2/c1-20-34-60(35-21-2)77(63-40-31-26-32-41-63)64-46-44-57(45-47-64)70(58(50-51-72(8,9)10)53-66(54(5)6)74(14,15)16)69-49-48-68(79-69)65(56(22-3)52-67(75(17,18)19)71(78)55(7)73(11,12)13)43-33-42-59(23-4)76(61-36-27-24-28-37-61)62-38-29-25-30-39-62;2*1-2/h20,23-42,44-53,55H,5,21-22,43H2,1-4,6-19H3;1-2H3;1-2H/b34-20-,42-33-,51-50+,59-23+,60-35+,65-56+,66-53+,67-52+,70-58-;;. The molecule has 1 unspecified atom stereocenters. The first-order valence-corrected chi connectivity index (χ1v) is 30.8. The number of anilines is 4. The molecule has 0 aliphatic rings. The second-order valence-corrected chi connectivity index (χ2v) is 26.1. The van der Waals surface area contributed by atoms with Gasteiger partial charge in [-0.05, 0) is 162 Å². The summed E-state index contributed by atoms with van der Waals surface area (Å²) in [6.45, 7) is 48.1. The van der Waals surface area contributed by atoms with Gasteiger partial charge in [0, 0.05) is 61.0 Å². The molecule has 83 heavy (non-hydrogen) atoms. The minimum absolute atomic E-state index is 0.0789. The number of ketones is 1. The molecule has 0 saturated carbocycles. The van der Waals surface area contributed by atoms with Crippen molar-refractivity contribution < 1.29 is 4.79 Å². The fraction of sp³-hybridized carbons (Fsp3) is 0.354. The molecule has 0 aliphatic carbocycles. The Labute approximate surface area is 510 Å². The molecule has 0 bridgehead atoms. The molecular formula is C79H102N2OS. The molecule has 1 heterocycles. The Morgan fingerprint density at radius 2 is 1.08 bits per heavy atom. The van der Waals surface area contributed by atoms with Crippen LogP contribution in [0, 0.1) is 40.4 Å². The molecule has 4 aromatic carbocycles. The van der Waals surface area contributed by atoms with Gasteiger partial charge in [0.1, 0.15) is 0 Å². The van der Waals surface area contributed by atoms with Gasteiger partial charge in [0.25, 0.3) is 0 Å². The molecule has 1 aromatic heterocycles. The Balaban J connectivity index is 0.00000441. The molecule has 3 nitrogen and oxygen atoms in total. The largest absolute Gasteiger partial charge is 0.311 e. The number of hydrogen-bond donors (Lipinski definition) is 0. The van der Waals surface area contributed by atoms with Crippen molar-refractivity contribution in [2.24, 2.45) is 27.6 Å². The molecule has 0 fully saturated rings. The number of para-hydroxylation sites is 3. The van der Waals surface area contributed by atoms with Gasteiger partial charge in [-0.25, -0.2) is 0 Å². The van der Waals surface area contributed by atoms with E-state index in [1.165, 1.54) is 21.6 Å². The number of allylic oxidation sites excluding steroid dienone is 16. The lowest BCUT2D eigenvalue weighted by Gasteiger charge is -2.31. The van der Waals surface area contributed by atoms with E-state index >= 15 is 0 Å². The van der Waals surface area contributed by atoms with Crippen molar-refractivity contribution in [3.8, 4) is 12.8 Å². The average molecular weight is 1130 g/mol. The molecule has 5 aromatic rings. The Bertz CT molecular complexity index is 3120. The van der Waals surface area contributed by atoms with E-state index in [9.17, 15) is 4.79 Å². The Morgan fingerprint density at radius 1 is 0.614 bits per heavy atom. The van der Waals surface area contributed by atoms with E-state index in [0.29, 0.717) is 6.42 Å². The first-order chi connectivity index (χ1) is 39.2. The molecule has 4 heteroatoms. The highest BCUT2D eigenvalue weighted by Crippen LogP contribution is 2.44. The fourth-order valence-corrected chi connectivity index (χ4v) is 10.8. The summed E-state index contributed by atoms with van der Waals surface area (Å²) in [7, 11) is 0. The van der Waals surface area contributed by atoms with Gasteiger partial charge < -0.3 is 9.80 Å². The molecule has 0 spiro atoms. The van der Waals surface area contributed by atoms with Gasteiger partial charge in [-0.2, -0.15) is 0 Å². The van der Waals surface area contributed by atoms with E-state index in [1.807, 2.05) is 25.2 Å². The molecule has 0 N–H and O–H groups in total. The predicted octanol–water partition coefficient (Wildman–Crippen LogP) is 24.1. The number of hydrogen-bond acceptors (Lipinski definition) is 4. The number of thiophene rings is 1. The number of Topliss-reactive ketones (excluding diaryl/α,β-unsaturated/α-hetero) is 1. The smallest absolute Gasteiger partial charge is 0.162 e. The Morgan fingerprint density at radius 3 is 1.49 bits per heavy atom. The highest BCUT2D eigenvalue weighted by Gasteiger charge is 2.34. The zero-order chi connectivity index (χ0) is 62.3. The summed E-state index contributed by atoms with van der Waals surface area (Å²) in [6, 6.07) is 45.6. The lowest BCUT2D eigenvalue weighted by molar-refractivity contribution is -0.122. The van der Waals surface area contributed by atoms with Gasteiger partial charge >= 0.3 is 0 Å². The second kappa shape index (κ2) is 32.6. The van der Waals surface area contributed by atoms with Crippen molar-refractivity contribution in [1.82, 2.24) is 0 Å². The summed E-state index contributed by atoms with van der Waals surface area (Å²) < 4.78 is 0. The van der Waals surface area contributed by atoms with Gasteiger partial charge in [0.2, 0.25) is 0 Å². The highest BCUT2D eigenvalue weighted by molar-refractivity contribution is 7.14. The van der Waals surface area contributed by atoms with Crippen LogP contribution < -0.4 is 9.80 Å². The Hall–Kier alpha value is -7.19. The number of nitrogens with zero attached hydrogens (tertiary/aromatic N) is 2. The van der Waals surface area contributed by atoms with Crippen LogP contribution in [0.4, 0.5) is 22.7 Å². The SMILES string of the molecule is C#C.C=C(C)\C(=C/C(/C=C/C(C)(C)C)=C(/c1ccc(N(C(/C=C\C)=C/CC)c2ccccc2)cc1)c1ccc(/C(C/C=C\C(=C/C)N(c2ccccc2)c2ccccc2)=C(/C=C(\C(=O)C(C)C(C)(C)C)C(C)(C)C)CC)s1)C(C)(C)C.CC. The average Bonchev–Trinajstić information content (AvgIpc) is 4.08. The molecule has 1 atom stereocenters. The first kappa shape index (κ1) is 70.1. The normalized spacial score (nSPS) is 14.1. The van der Waals surface area contributed by atoms with Gasteiger partial charge in [-0.1, -0.05) is 245 Å². The maximum Gasteiger partial charge on any atom is 0.162 e. The summed E-state index contributed by atoms with van der Waals surface area (Å²) in [5.74, 6) is 0.0510. The van der Waals surface area contributed by atoms with Crippen molar-refractivity contribution in [1.29, 1.82) is 0 Å². The van der Waals surface area contributed by atoms with Crippen molar-refractivity contribution in [3.63, 3.8) is 0 Å². The number of terminal acetylenes is 1. The van der Waals surface area contributed by atoms with Crippen LogP contribution in [0.25, 0.3) is 11.1 Å². The number of carbonyl (C=O) groups is 1. The van der Waals surface area contributed by atoms with E-state index in [2.05, 4.69) is 342 Å².